The van der Waals surface area contributed by atoms with Crippen LogP contribution in [0.5, 0.6) is 0 Å². The minimum absolute atomic E-state index is 0.0893. The van der Waals surface area contributed by atoms with Gasteiger partial charge in [0.25, 0.3) is 0 Å². The van der Waals surface area contributed by atoms with Crippen molar-refractivity contribution in [2.45, 2.75) is 13.0 Å². The van der Waals surface area contributed by atoms with Gasteiger partial charge in [-0.15, -0.1) is 0 Å². The van der Waals surface area contributed by atoms with Crippen molar-refractivity contribution >= 4 is 11.7 Å². The normalized spacial score (nSPS) is 29.4. The summed E-state index contributed by atoms with van der Waals surface area (Å²) in [4.78, 5) is 14.1. The van der Waals surface area contributed by atoms with Crippen molar-refractivity contribution < 1.29 is 9.18 Å². The molecule has 0 saturated carbocycles. The molecule has 1 aromatic carbocycles. The number of likely N-dealkylation sites (tertiary alicyclic amines) is 1. The van der Waals surface area contributed by atoms with E-state index in [0.717, 1.165) is 19.6 Å². The SMILES string of the molecule is CC1C2CNCC2CN1C(=O)Nc1ccc(F)cc1. The molecule has 2 amide bonds. The second-order valence-corrected chi connectivity index (χ2v) is 5.41. The molecule has 2 fully saturated rings. The van der Waals surface area contributed by atoms with Crippen molar-refractivity contribution in [1.29, 1.82) is 0 Å². The smallest absolute Gasteiger partial charge is 0.321 e. The van der Waals surface area contributed by atoms with Crippen molar-refractivity contribution in [2.24, 2.45) is 11.8 Å². The molecule has 0 aliphatic carbocycles. The van der Waals surface area contributed by atoms with Crippen LogP contribution in [0.15, 0.2) is 24.3 Å². The summed E-state index contributed by atoms with van der Waals surface area (Å²) in [6, 6.07) is 6.02. The van der Waals surface area contributed by atoms with Crippen molar-refractivity contribution in [2.75, 3.05) is 25.0 Å². The number of anilines is 1. The number of carbonyl (C=O) groups is 1. The molecule has 2 saturated heterocycles. The standard InChI is InChI=1S/C14H18FN3O/c1-9-13-7-16-6-10(13)8-18(9)14(19)17-12-4-2-11(15)3-5-12/h2-5,9-10,13,16H,6-8H2,1H3,(H,17,19). The molecule has 1 aromatic rings. The fourth-order valence-corrected chi connectivity index (χ4v) is 3.16. The van der Waals surface area contributed by atoms with Crippen molar-refractivity contribution in [3.63, 3.8) is 0 Å². The summed E-state index contributed by atoms with van der Waals surface area (Å²) in [5.41, 5.74) is 0.633. The molecular formula is C14H18FN3O. The monoisotopic (exact) mass is 263 g/mol. The molecule has 19 heavy (non-hydrogen) atoms. The predicted octanol–water partition coefficient (Wildman–Crippen LogP) is 1.90. The molecule has 2 aliphatic rings. The molecule has 2 N–H and O–H groups in total. The van der Waals surface area contributed by atoms with Gasteiger partial charge in [-0.2, -0.15) is 0 Å². The van der Waals surface area contributed by atoms with Crippen molar-refractivity contribution in [3.05, 3.63) is 30.1 Å². The molecule has 2 heterocycles. The average Bonchev–Trinajstić information content (AvgIpc) is 2.96. The first-order chi connectivity index (χ1) is 9.15. The molecule has 3 unspecified atom stereocenters. The third kappa shape index (κ3) is 2.30. The van der Waals surface area contributed by atoms with E-state index in [1.165, 1.54) is 12.1 Å². The van der Waals surface area contributed by atoms with E-state index in [4.69, 9.17) is 0 Å². The lowest BCUT2D eigenvalue weighted by Crippen LogP contribution is -2.40. The molecule has 0 spiro atoms. The van der Waals surface area contributed by atoms with E-state index >= 15 is 0 Å². The maximum absolute atomic E-state index is 12.8. The van der Waals surface area contributed by atoms with Crippen LogP contribution < -0.4 is 10.6 Å². The van der Waals surface area contributed by atoms with E-state index in [2.05, 4.69) is 17.6 Å². The number of nitrogens with one attached hydrogen (secondary N) is 2. The Morgan fingerprint density at radius 2 is 2.11 bits per heavy atom. The van der Waals surface area contributed by atoms with Crippen LogP contribution in [-0.4, -0.2) is 36.6 Å². The first kappa shape index (κ1) is 12.4. The molecule has 5 heteroatoms. The Hall–Kier alpha value is -1.62. The summed E-state index contributed by atoms with van der Waals surface area (Å²) < 4.78 is 12.8. The van der Waals surface area contributed by atoms with Crippen LogP contribution in [0.4, 0.5) is 14.9 Å². The zero-order valence-electron chi connectivity index (χ0n) is 10.9. The summed E-state index contributed by atoms with van der Waals surface area (Å²) in [6.07, 6.45) is 0. The number of hydrogen-bond acceptors (Lipinski definition) is 2. The molecular weight excluding hydrogens is 245 g/mol. The Labute approximate surface area is 112 Å². The van der Waals surface area contributed by atoms with Gasteiger partial charge in [0.05, 0.1) is 0 Å². The first-order valence-corrected chi connectivity index (χ1v) is 6.69. The van der Waals surface area contributed by atoms with Gasteiger partial charge in [-0.25, -0.2) is 9.18 Å². The minimum atomic E-state index is -0.298. The number of urea groups is 1. The van der Waals surface area contributed by atoms with E-state index < -0.39 is 0 Å². The highest BCUT2D eigenvalue weighted by molar-refractivity contribution is 5.89. The van der Waals surface area contributed by atoms with Crippen molar-refractivity contribution in [1.82, 2.24) is 10.2 Å². The lowest BCUT2D eigenvalue weighted by atomic mass is 9.95. The van der Waals surface area contributed by atoms with E-state index in [0.29, 0.717) is 17.5 Å². The van der Waals surface area contributed by atoms with Crippen LogP contribution in [0.2, 0.25) is 0 Å². The molecule has 0 aromatic heterocycles. The Bertz CT molecular complexity index is 476. The maximum atomic E-state index is 12.8. The molecule has 3 atom stereocenters. The second-order valence-electron chi connectivity index (χ2n) is 5.41. The van der Waals surface area contributed by atoms with Gasteiger partial charge in [0.2, 0.25) is 0 Å². The molecule has 0 bridgehead atoms. The fraction of sp³-hybridized carbons (Fsp3) is 0.500. The van der Waals surface area contributed by atoms with Gasteiger partial charge < -0.3 is 15.5 Å². The number of halogens is 1. The Kier molecular flexibility index (Phi) is 3.14. The molecule has 0 radical (unpaired) electrons. The molecule has 3 rings (SSSR count). The van der Waals surface area contributed by atoms with Gasteiger partial charge in [0.1, 0.15) is 5.82 Å². The minimum Gasteiger partial charge on any atom is -0.321 e. The quantitative estimate of drug-likeness (QED) is 0.812. The van der Waals surface area contributed by atoms with Gasteiger partial charge >= 0.3 is 6.03 Å². The molecule has 102 valence electrons. The van der Waals surface area contributed by atoms with Crippen LogP contribution >= 0.6 is 0 Å². The van der Waals surface area contributed by atoms with Crippen LogP contribution in [0, 0.1) is 17.7 Å². The van der Waals surface area contributed by atoms with E-state index in [1.54, 1.807) is 12.1 Å². The number of fused-ring (bicyclic) bond motifs is 1. The Morgan fingerprint density at radius 3 is 2.79 bits per heavy atom. The Morgan fingerprint density at radius 1 is 1.37 bits per heavy atom. The van der Waals surface area contributed by atoms with Gasteiger partial charge in [-0.3, -0.25) is 0 Å². The summed E-state index contributed by atoms with van der Waals surface area (Å²) in [5, 5.41) is 6.20. The highest BCUT2D eigenvalue weighted by Gasteiger charge is 2.43. The largest absolute Gasteiger partial charge is 0.322 e. The number of carbonyl (C=O) groups excluding carboxylic acids is 1. The van der Waals surface area contributed by atoms with E-state index in [-0.39, 0.29) is 17.9 Å². The predicted molar refractivity (Wildman–Crippen MR) is 71.4 cm³/mol. The van der Waals surface area contributed by atoms with Crippen LogP contribution in [-0.2, 0) is 0 Å². The number of nitrogens with zero attached hydrogens (tertiary/aromatic N) is 1. The number of hydrogen-bond donors (Lipinski definition) is 2. The van der Waals surface area contributed by atoms with Crippen LogP contribution in [0.25, 0.3) is 0 Å². The highest BCUT2D eigenvalue weighted by Crippen LogP contribution is 2.32. The zero-order chi connectivity index (χ0) is 13.4. The maximum Gasteiger partial charge on any atom is 0.322 e. The second kappa shape index (κ2) is 4.81. The summed E-state index contributed by atoms with van der Waals surface area (Å²) in [7, 11) is 0. The third-order valence-corrected chi connectivity index (χ3v) is 4.29. The van der Waals surface area contributed by atoms with Gasteiger partial charge in [0.15, 0.2) is 0 Å². The molecule has 4 nitrogen and oxygen atoms in total. The highest BCUT2D eigenvalue weighted by atomic mass is 19.1. The fourth-order valence-electron chi connectivity index (χ4n) is 3.16. The average molecular weight is 263 g/mol. The number of rotatable bonds is 1. The first-order valence-electron chi connectivity index (χ1n) is 6.69. The topological polar surface area (TPSA) is 44.4 Å². The van der Waals surface area contributed by atoms with Gasteiger partial charge in [-0.1, -0.05) is 0 Å². The van der Waals surface area contributed by atoms with Crippen LogP contribution in [0.3, 0.4) is 0 Å². The number of benzene rings is 1. The summed E-state index contributed by atoms with van der Waals surface area (Å²) in [5.74, 6) is 0.820. The third-order valence-electron chi connectivity index (χ3n) is 4.29. The summed E-state index contributed by atoms with van der Waals surface area (Å²) in [6.45, 7) is 4.88. The number of amides is 2. The summed E-state index contributed by atoms with van der Waals surface area (Å²) >= 11 is 0. The van der Waals surface area contributed by atoms with E-state index in [1.807, 2.05) is 4.90 Å². The lowest BCUT2D eigenvalue weighted by Gasteiger charge is -2.24. The Balaban J connectivity index is 1.66. The van der Waals surface area contributed by atoms with Crippen molar-refractivity contribution in [3.8, 4) is 0 Å². The van der Waals surface area contributed by atoms with Gasteiger partial charge in [-0.05, 0) is 43.0 Å². The zero-order valence-corrected chi connectivity index (χ0v) is 10.9. The van der Waals surface area contributed by atoms with E-state index in [9.17, 15) is 9.18 Å². The lowest BCUT2D eigenvalue weighted by molar-refractivity contribution is 0.203. The van der Waals surface area contributed by atoms with Crippen LogP contribution in [0.1, 0.15) is 6.92 Å². The molecule has 2 aliphatic heterocycles. The van der Waals surface area contributed by atoms with Gasteiger partial charge in [0, 0.05) is 31.4 Å².